The Balaban J connectivity index is 2.37. The molecule has 0 aromatic carbocycles. The van der Waals surface area contributed by atoms with E-state index >= 15 is 0 Å². The van der Waals surface area contributed by atoms with Gasteiger partial charge in [0.05, 0.1) is 0 Å². The van der Waals surface area contributed by atoms with E-state index in [0.717, 1.165) is 0 Å². The minimum absolute atomic E-state index is 0.0282. The predicted molar refractivity (Wildman–Crippen MR) is 54.7 cm³/mol. The molecule has 7 heteroatoms. The van der Waals surface area contributed by atoms with Gasteiger partial charge in [-0.3, -0.25) is 9.69 Å². The number of carbonyl (C=O) groups excluding carboxylic acids is 1. The molecule has 2 rings (SSSR count). The number of thioether (sulfide) groups is 1. The molecule has 2 aliphatic rings. The number of carboxylic acid groups (broad SMARTS) is 1. The molecule has 0 radical (unpaired) electrons. The van der Waals surface area contributed by atoms with Crippen molar-refractivity contribution in [1.29, 1.82) is 0 Å². The lowest BCUT2D eigenvalue weighted by atomic mass is 10.1. The van der Waals surface area contributed by atoms with Crippen LogP contribution in [0.4, 0.5) is 0 Å². The number of nitrogens with two attached hydrogens (primary N) is 1. The van der Waals surface area contributed by atoms with Gasteiger partial charge in [-0.15, -0.1) is 11.8 Å². The van der Waals surface area contributed by atoms with Gasteiger partial charge in [0.1, 0.15) is 17.1 Å². The summed E-state index contributed by atoms with van der Waals surface area (Å²) in [6, 6.07) is -0.560. The number of carbonyl (C=O) groups is 2. The summed E-state index contributed by atoms with van der Waals surface area (Å²) in [4.78, 5) is 23.4. The number of halogens is 1. The molecule has 0 aromatic rings. The lowest BCUT2D eigenvalue weighted by molar-refractivity contribution is -0.147. The van der Waals surface area contributed by atoms with Gasteiger partial charge in [0.25, 0.3) is 0 Å². The van der Waals surface area contributed by atoms with Crippen LogP contribution in [0.15, 0.2) is 10.2 Å². The van der Waals surface area contributed by atoms with Crippen molar-refractivity contribution in [2.24, 2.45) is 5.73 Å². The van der Waals surface area contributed by atoms with Crippen LogP contribution in [0, 0.1) is 0 Å². The highest BCUT2D eigenvalue weighted by molar-refractivity contribution is 9.11. The summed E-state index contributed by atoms with van der Waals surface area (Å²) in [5.41, 5.74) is 5.57. The summed E-state index contributed by atoms with van der Waals surface area (Å²) >= 11 is 4.61. The van der Waals surface area contributed by atoms with Gasteiger partial charge in [0.2, 0.25) is 5.91 Å². The molecule has 0 saturated carbocycles. The molecule has 14 heavy (non-hydrogen) atoms. The molecule has 2 aliphatic heterocycles. The SMILES string of the molecule is NC1C(=O)N2C(C(=O)O)=C(Br)CS[C@H]12. The maximum absolute atomic E-state index is 11.3. The van der Waals surface area contributed by atoms with Gasteiger partial charge in [0, 0.05) is 10.2 Å². The van der Waals surface area contributed by atoms with Crippen LogP contribution in [0.3, 0.4) is 0 Å². The van der Waals surface area contributed by atoms with Crippen LogP contribution in [0.2, 0.25) is 0 Å². The summed E-state index contributed by atoms with van der Waals surface area (Å²) in [6.45, 7) is 0. The smallest absolute Gasteiger partial charge is 0.353 e. The number of hydrogen-bond acceptors (Lipinski definition) is 4. The highest BCUT2D eigenvalue weighted by Gasteiger charge is 2.51. The average molecular weight is 279 g/mol. The highest BCUT2D eigenvalue weighted by Crippen LogP contribution is 2.40. The van der Waals surface area contributed by atoms with E-state index in [-0.39, 0.29) is 17.0 Å². The third-order valence-corrected chi connectivity index (χ3v) is 4.49. The third kappa shape index (κ3) is 1.19. The summed E-state index contributed by atoms with van der Waals surface area (Å²) in [5.74, 6) is -0.872. The zero-order valence-electron chi connectivity index (χ0n) is 6.94. The number of rotatable bonds is 1. The molecule has 2 heterocycles. The van der Waals surface area contributed by atoms with Gasteiger partial charge >= 0.3 is 5.97 Å². The van der Waals surface area contributed by atoms with Crippen LogP contribution in [-0.2, 0) is 9.59 Å². The fraction of sp³-hybridized carbons (Fsp3) is 0.429. The van der Waals surface area contributed by atoms with E-state index in [1.165, 1.54) is 16.7 Å². The predicted octanol–water partition coefficient (Wildman–Crippen LogP) is -0.0801. The maximum atomic E-state index is 11.3. The van der Waals surface area contributed by atoms with E-state index in [1.807, 2.05) is 0 Å². The number of nitrogens with zero attached hydrogens (tertiary/aromatic N) is 1. The Labute approximate surface area is 92.4 Å². The molecule has 1 unspecified atom stereocenters. The molecule has 76 valence electrons. The van der Waals surface area contributed by atoms with E-state index in [1.54, 1.807) is 0 Å². The molecular weight excluding hydrogens is 272 g/mol. The maximum Gasteiger partial charge on any atom is 0.353 e. The van der Waals surface area contributed by atoms with E-state index in [0.29, 0.717) is 10.2 Å². The molecule has 1 saturated heterocycles. The van der Waals surface area contributed by atoms with Crippen molar-refractivity contribution in [2.75, 3.05) is 5.75 Å². The summed E-state index contributed by atoms with van der Waals surface area (Å²) in [6.07, 6.45) is 0. The summed E-state index contributed by atoms with van der Waals surface area (Å²) in [7, 11) is 0. The van der Waals surface area contributed by atoms with Gasteiger partial charge in [0.15, 0.2) is 0 Å². The second-order valence-electron chi connectivity index (χ2n) is 2.99. The Kier molecular flexibility index (Phi) is 2.32. The van der Waals surface area contributed by atoms with Gasteiger partial charge in [-0.2, -0.15) is 0 Å². The molecule has 0 bridgehead atoms. The van der Waals surface area contributed by atoms with Gasteiger partial charge < -0.3 is 10.8 Å². The van der Waals surface area contributed by atoms with E-state index in [4.69, 9.17) is 10.8 Å². The van der Waals surface area contributed by atoms with Crippen molar-refractivity contribution < 1.29 is 14.7 Å². The lowest BCUT2D eigenvalue weighted by Crippen LogP contribution is -2.68. The molecule has 5 nitrogen and oxygen atoms in total. The molecule has 0 spiro atoms. The zero-order chi connectivity index (χ0) is 10.5. The number of carboxylic acids is 1. The van der Waals surface area contributed by atoms with Gasteiger partial charge in [-0.1, -0.05) is 15.9 Å². The molecule has 2 atom stereocenters. The molecule has 3 N–H and O–H groups in total. The first kappa shape index (κ1) is 10.0. The van der Waals surface area contributed by atoms with Gasteiger partial charge in [-0.25, -0.2) is 4.79 Å². The van der Waals surface area contributed by atoms with Crippen molar-refractivity contribution in [2.45, 2.75) is 11.4 Å². The van der Waals surface area contributed by atoms with Crippen molar-refractivity contribution >= 4 is 39.6 Å². The van der Waals surface area contributed by atoms with Crippen LogP contribution in [0.25, 0.3) is 0 Å². The van der Waals surface area contributed by atoms with Crippen molar-refractivity contribution in [3.05, 3.63) is 10.2 Å². The fourth-order valence-corrected chi connectivity index (χ4v) is 3.37. The molecule has 1 fully saturated rings. The van der Waals surface area contributed by atoms with E-state index < -0.39 is 12.0 Å². The highest BCUT2D eigenvalue weighted by atomic mass is 79.9. The Hall–Kier alpha value is -0.530. The number of β-lactam (4-membered cyclic amide) rings is 1. The van der Waals surface area contributed by atoms with E-state index in [2.05, 4.69) is 15.9 Å². The first-order chi connectivity index (χ1) is 6.54. The average Bonchev–Trinajstić information content (AvgIpc) is 2.15. The number of hydrogen-bond donors (Lipinski definition) is 2. The van der Waals surface area contributed by atoms with Crippen LogP contribution < -0.4 is 5.73 Å². The Morgan fingerprint density at radius 1 is 1.71 bits per heavy atom. The summed E-state index contributed by atoms with van der Waals surface area (Å²) < 4.78 is 0.534. The molecule has 0 aliphatic carbocycles. The normalized spacial score (nSPS) is 31.3. The van der Waals surface area contributed by atoms with Crippen LogP contribution in [0.1, 0.15) is 0 Å². The standard InChI is InChI=1S/C7H7BrN2O3S/c8-2-1-14-6-3(9)5(11)10(6)4(2)7(12)13/h3,6H,1,9H2,(H,12,13)/t3?,6-/m1/s1. The monoisotopic (exact) mass is 278 g/mol. The second-order valence-corrected chi connectivity index (χ2v) is 5.06. The van der Waals surface area contributed by atoms with Crippen molar-refractivity contribution in [1.82, 2.24) is 4.90 Å². The van der Waals surface area contributed by atoms with E-state index in [9.17, 15) is 9.59 Å². The topological polar surface area (TPSA) is 83.6 Å². The van der Waals surface area contributed by atoms with Crippen molar-refractivity contribution in [3.63, 3.8) is 0 Å². The quantitative estimate of drug-likeness (QED) is 0.656. The van der Waals surface area contributed by atoms with Crippen LogP contribution in [-0.4, -0.2) is 39.1 Å². The largest absolute Gasteiger partial charge is 0.477 e. The zero-order valence-corrected chi connectivity index (χ0v) is 9.34. The first-order valence-corrected chi connectivity index (χ1v) is 5.70. The minimum Gasteiger partial charge on any atom is -0.477 e. The Morgan fingerprint density at radius 3 is 2.93 bits per heavy atom. The minimum atomic E-state index is -1.09. The van der Waals surface area contributed by atoms with Crippen LogP contribution in [0.5, 0.6) is 0 Å². The first-order valence-electron chi connectivity index (χ1n) is 3.86. The lowest BCUT2D eigenvalue weighted by Gasteiger charge is -2.47. The van der Waals surface area contributed by atoms with Crippen molar-refractivity contribution in [3.8, 4) is 0 Å². The van der Waals surface area contributed by atoms with Crippen LogP contribution >= 0.6 is 27.7 Å². The number of amides is 1. The number of fused-ring (bicyclic) bond motifs is 1. The van der Waals surface area contributed by atoms with Gasteiger partial charge in [-0.05, 0) is 0 Å². The molecule has 1 amide bonds. The second kappa shape index (κ2) is 3.25. The third-order valence-electron chi connectivity index (χ3n) is 2.17. The molecular formula is C7H7BrN2O3S. The summed E-state index contributed by atoms with van der Waals surface area (Å²) in [5, 5.41) is 8.69. The number of aliphatic carboxylic acids is 1. The fourth-order valence-electron chi connectivity index (χ4n) is 1.48. The Morgan fingerprint density at radius 2 is 2.36 bits per heavy atom. The molecule has 0 aromatic heterocycles. The Bertz CT molecular complexity index is 357.